The molecule has 0 aromatic carbocycles. The standard InChI is InChI=1S/C23H30O7/c1-10(7-12(3)24)18-14(5)20-16(22(26)29-18)9-17-21(28-20)15(6)19(30-23(17)27)11(2)8-13(4)25/h10-13,24-25H,7-9H2,1-6H3/t10?,11?,12-,13-/m0/s1. The van der Waals surface area contributed by atoms with Gasteiger partial charge >= 0.3 is 11.3 Å². The molecule has 1 aliphatic rings. The summed E-state index contributed by atoms with van der Waals surface area (Å²) in [5, 5.41) is 19.4. The summed E-state index contributed by atoms with van der Waals surface area (Å²) in [5.41, 5.74) is 0.882. The third-order valence-corrected chi connectivity index (χ3v) is 5.71. The predicted octanol–water partition coefficient (Wildman–Crippen LogP) is 3.66. The third-order valence-electron chi connectivity index (χ3n) is 5.71. The van der Waals surface area contributed by atoms with Crippen LogP contribution in [0.4, 0.5) is 0 Å². The molecule has 0 saturated heterocycles. The van der Waals surface area contributed by atoms with E-state index in [9.17, 15) is 19.8 Å². The highest BCUT2D eigenvalue weighted by molar-refractivity contribution is 5.55. The van der Waals surface area contributed by atoms with E-state index in [-0.39, 0.29) is 18.3 Å². The van der Waals surface area contributed by atoms with Crippen molar-refractivity contribution in [3.05, 3.63) is 54.6 Å². The average Bonchev–Trinajstić information content (AvgIpc) is 2.65. The summed E-state index contributed by atoms with van der Waals surface area (Å²) in [7, 11) is 0. The molecular formula is C23H30O7. The van der Waals surface area contributed by atoms with Crippen molar-refractivity contribution in [1.82, 2.24) is 0 Å². The Morgan fingerprint density at radius 3 is 1.47 bits per heavy atom. The Kier molecular flexibility index (Phi) is 6.24. The fourth-order valence-electron chi connectivity index (χ4n) is 4.38. The van der Waals surface area contributed by atoms with Gasteiger partial charge < -0.3 is 23.8 Å². The summed E-state index contributed by atoms with van der Waals surface area (Å²) in [6.07, 6.45) is -0.0990. The number of hydrogen-bond acceptors (Lipinski definition) is 7. The molecule has 30 heavy (non-hydrogen) atoms. The van der Waals surface area contributed by atoms with E-state index in [2.05, 4.69) is 0 Å². The molecule has 7 heteroatoms. The van der Waals surface area contributed by atoms with Crippen molar-refractivity contribution < 1.29 is 23.8 Å². The fraction of sp³-hybridized carbons (Fsp3) is 0.565. The second-order valence-electron chi connectivity index (χ2n) is 8.62. The lowest BCUT2D eigenvalue weighted by atomic mass is 9.92. The molecule has 0 amide bonds. The Bertz CT molecular complexity index is 975. The van der Waals surface area contributed by atoms with Crippen molar-refractivity contribution in [2.75, 3.05) is 0 Å². The number of rotatable bonds is 6. The van der Waals surface area contributed by atoms with E-state index in [1.54, 1.807) is 13.8 Å². The maximum absolute atomic E-state index is 12.7. The Morgan fingerprint density at radius 2 is 1.13 bits per heavy atom. The van der Waals surface area contributed by atoms with Gasteiger partial charge in [0.05, 0.1) is 23.3 Å². The molecule has 0 fully saturated rings. The van der Waals surface area contributed by atoms with E-state index in [1.165, 1.54) is 0 Å². The van der Waals surface area contributed by atoms with Gasteiger partial charge in [0.25, 0.3) is 0 Å². The average molecular weight is 418 g/mol. The Labute approximate surface area is 175 Å². The lowest BCUT2D eigenvalue weighted by Crippen LogP contribution is -2.24. The molecule has 2 unspecified atom stereocenters. The summed E-state index contributed by atoms with van der Waals surface area (Å²) in [4.78, 5) is 25.3. The van der Waals surface area contributed by atoms with E-state index >= 15 is 0 Å². The van der Waals surface area contributed by atoms with Gasteiger partial charge in [0.1, 0.15) is 23.0 Å². The van der Waals surface area contributed by atoms with Crippen molar-refractivity contribution in [1.29, 1.82) is 0 Å². The molecule has 7 nitrogen and oxygen atoms in total. The van der Waals surface area contributed by atoms with Gasteiger partial charge in [-0.15, -0.1) is 0 Å². The van der Waals surface area contributed by atoms with E-state index in [0.717, 1.165) is 0 Å². The van der Waals surface area contributed by atoms with Gasteiger partial charge in [-0.3, -0.25) is 0 Å². The largest absolute Gasteiger partial charge is 0.455 e. The van der Waals surface area contributed by atoms with Gasteiger partial charge in [0, 0.05) is 29.4 Å². The second kappa shape index (κ2) is 8.40. The van der Waals surface area contributed by atoms with Crippen molar-refractivity contribution in [2.45, 2.75) is 84.8 Å². The highest BCUT2D eigenvalue weighted by Crippen LogP contribution is 2.42. The highest BCUT2D eigenvalue weighted by Gasteiger charge is 2.32. The highest BCUT2D eigenvalue weighted by atomic mass is 16.5. The Hall–Kier alpha value is -2.38. The first-order valence-corrected chi connectivity index (χ1v) is 10.4. The molecule has 1 aliphatic heterocycles. The maximum Gasteiger partial charge on any atom is 0.343 e. The molecule has 0 bridgehead atoms. The van der Waals surface area contributed by atoms with E-state index in [0.29, 0.717) is 58.1 Å². The van der Waals surface area contributed by atoms with Crippen LogP contribution in [0.2, 0.25) is 0 Å². The molecule has 3 rings (SSSR count). The quantitative estimate of drug-likeness (QED) is 0.628. The van der Waals surface area contributed by atoms with Gasteiger partial charge in [-0.1, -0.05) is 13.8 Å². The molecule has 0 spiro atoms. The number of aliphatic hydroxyl groups is 2. The molecule has 2 aromatic rings. The summed E-state index contributed by atoms with van der Waals surface area (Å²) >= 11 is 0. The number of hydrogen-bond donors (Lipinski definition) is 2. The molecule has 0 aliphatic carbocycles. The second-order valence-corrected chi connectivity index (χ2v) is 8.62. The van der Waals surface area contributed by atoms with Crippen LogP contribution in [0.3, 0.4) is 0 Å². The van der Waals surface area contributed by atoms with Crippen LogP contribution in [0, 0.1) is 13.8 Å². The van der Waals surface area contributed by atoms with Gasteiger partial charge in [0.15, 0.2) is 0 Å². The smallest absolute Gasteiger partial charge is 0.343 e. The lowest BCUT2D eigenvalue weighted by molar-refractivity contribution is 0.171. The van der Waals surface area contributed by atoms with E-state index < -0.39 is 23.5 Å². The van der Waals surface area contributed by atoms with Gasteiger partial charge in [-0.2, -0.15) is 0 Å². The maximum atomic E-state index is 12.7. The minimum atomic E-state index is -0.544. The minimum Gasteiger partial charge on any atom is -0.455 e. The SMILES string of the molecule is Cc1c(C(C)C[C@H](C)O)oc(=O)c2c1Oc1c(C)c(C(C)C[C@H](C)O)oc(=O)c1C2. The summed E-state index contributed by atoms with van der Waals surface area (Å²) in [6, 6.07) is 0. The Balaban J connectivity index is 2.10. The van der Waals surface area contributed by atoms with Crippen molar-refractivity contribution >= 4 is 0 Å². The minimum absolute atomic E-state index is 0.0765. The van der Waals surface area contributed by atoms with Crippen LogP contribution in [0.15, 0.2) is 18.4 Å². The van der Waals surface area contributed by atoms with Crippen molar-refractivity contribution in [3.8, 4) is 11.5 Å². The Morgan fingerprint density at radius 1 is 0.767 bits per heavy atom. The molecule has 2 aromatic heterocycles. The molecule has 164 valence electrons. The summed E-state index contributed by atoms with van der Waals surface area (Å²) in [5.74, 6) is 1.44. The lowest BCUT2D eigenvalue weighted by Gasteiger charge is -2.25. The molecular weight excluding hydrogens is 388 g/mol. The van der Waals surface area contributed by atoms with Gasteiger partial charge in [0.2, 0.25) is 0 Å². The predicted molar refractivity (Wildman–Crippen MR) is 112 cm³/mol. The van der Waals surface area contributed by atoms with Crippen LogP contribution in [-0.2, 0) is 6.42 Å². The van der Waals surface area contributed by atoms with Crippen molar-refractivity contribution in [2.24, 2.45) is 0 Å². The third kappa shape index (κ3) is 4.09. The van der Waals surface area contributed by atoms with Crippen LogP contribution >= 0.6 is 0 Å². The van der Waals surface area contributed by atoms with Crippen LogP contribution in [-0.4, -0.2) is 22.4 Å². The summed E-state index contributed by atoms with van der Waals surface area (Å²) in [6.45, 7) is 10.8. The molecule has 3 heterocycles. The van der Waals surface area contributed by atoms with Crippen molar-refractivity contribution in [3.63, 3.8) is 0 Å². The fourth-order valence-corrected chi connectivity index (χ4v) is 4.38. The number of fused-ring (bicyclic) bond motifs is 2. The van der Waals surface area contributed by atoms with Gasteiger partial charge in [-0.05, 0) is 40.5 Å². The zero-order valence-corrected chi connectivity index (χ0v) is 18.4. The van der Waals surface area contributed by atoms with Crippen LogP contribution in [0.5, 0.6) is 11.5 Å². The molecule has 0 saturated carbocycles. The van der Waals surface area contributed by atoms with Crippen LogP contribution in [0.1, 0.15) is 86.1 Å². The molecule has 0 radical (unpaired) electrons. The van der Waals surface area contributed by atoms with Gasteiger partial charge in [-0.25, -0.2) is 9.59 Å². The normalized spacial score (nSPS) is 16.8. The first kappa shape index (κ1) is 22.3. The first-order valence-electron chi connectivity index (χ1n) is 10.4. The molecule has 2 N–H and O–H groups in total. The number of aliphatic hydroxyl groups excluding tert-OH is 2. The van der Waals surface area contributed by atoms with E-state index in [1.807, 2.05) is 27.7 Å². The van der Waals surface area contributed by atoms with Crippen LogP contribution in [0.25, 0.3) is 0 Å². The van der Waals surface area contributed by atoms with E-state index in [4.69, 9.17) is 13.6 Å². The zero-order valence-electron chi connectivity index (χ0n) is 18.4. The molecule has 4 atom stereocenters. The summed E-state index contributed by atoms with van der Waals surface area (Å²) < 4.78 is 17.3. The first-order chi connectivity index (χ1) is 14.0. The monoisotopic (exact) mass is 418 g/mol. The topological polar surface area (TPSA) is 110 Å². The number of ether oxygens (including phenoxy) is 1. The van der Waals surface area contributed by atoms with Crippen LogP contribution < -0.4 is 16.0 Å². The zero-order chi connectivity index (χ0) is 22.3.